The number of hydrogen-bond donors (Lipinski definition) is 3. The van der Waals surface area contributed by atoms with Gasteiger partial charge in [0.2, 0.25) is 0 Å². The quantitative estimate of drug-likeness (QED) is 0.699. The molecule has 1 aromatic carbocycles. The second-order valence-corrected chi connectivity index (χ2v) is 6.84. The summed E-state index contributed by atoms with van der Waals surface area (Å²) in [6, 6.07) is 7.20. The third kappa shape index (κ3) is 5.09. The lowest BCUT2D eigenvalue weighted by atomic mass is 9.99. The summed E-state index contributed by atoms with van der Waals surface area (Å²) < 4.78 is 2.54. The SMILES string of the molecule is CC(C)(CCC(=O)O)NC(=O)Nc1cnn(-c2ccccc2Br)c1. The fourth-order valence-electron chi connectivity index (χ4n) is 2.11. The molecule has 3 N–H and O–H groups in total. The molecule has 0 radical (unpaired) electrons. The lowest BCUT2D eigenvalue weighted by molar-refractivity contribution is -0.137. The summed E-state index contributed by atoms with van der Waals surface area (Å²) in [4.78, 5) is 22.7. The van der Waals surface area contributed by atoms with Crippen molar-refractivity contribution in [1.82, 2.24) is 15.1 Å². The van der Waals surface area contributed by atoms with E-state index in [1.54, 1.807) is 30.9 Å². The van der Waals surface area contributed by atoms with Gasteiger partial charge in [-0.25, -0.2) is 9.48 Å². The van der Waals surface area contributed by atoms with E-state index >= 15 is 0 Å². The Morgan fingerprint density at radius 3 is 2.71 bits per heavy atom. The lowest BCUT2D eigenvalue weighted by Gasteiger charge is -2.25. The minimum atomic E-state index is -0.889. The number of amides is 2. The minimum absolute atomic E-state index is 0.00670. The molecule has 0 aliphatic heterocycles. The zero-order valence-corrected chi connectivity index (χ0v) is 15.0. The van der Waals surface area contributed by atoms with E-state index < -0.39 is 17.5 Å². The molecular formula is C16H19BrN4O3. The number of hydrogen-bond acceptors (Lipinski definition) is 3. The molecule has 0 spiro atoms. The van der Waals surface area contributed by atoms with Gasteiger partial charge in [-0.3, -0.25) is 4.79 Å². The molecule has 2 amide bonds. The maximum absolute atomic E-state index is 12.1. The zero-order valence-electron chi connectivity index (χ0n) is 13.4. The summed E-state index contributed by atoms with van der Waals surface area (Å²) in [5, 5.41) is 18.4. The highest BCUT2D eigenvalue weighted by molar-refractivity contribution is 9.10. The first-order valence-corrected chi connectivity index (χ1v) is 8.17. The Hall–Kier alpha value is -2.35. The molecule has 0 saturated carbocycles. The van der Waals surface area contributed by atoms with E-state index in [4.69, 9.17) is 5.11 Å². The number of para-hydroxylation sites is 1. The molecule has 2 aromatic rings. The number of carbonyl (C=O) groups is 2. The Balaban J connectivity index is 1.98. The average molecular weight is 395 g/mol. The van der Waals surface area contributed by atoms with Crippen LogP contribution in [0.4, 0.5) is 10.5 Å². The van der Waals surface area contributed by atoms with E-state index in [-0.39, 0.29) is 6.42 Å². The Bertz CT molecular complexity index is 742. The van der Waals surface area contributed by atoms with Crippen molar-refractivity contribution in [3.8, 4) is 5.69 Å². The van der Waals surface area contributed by atoms with Crippen LogP contribution in [0.5, 0.6) is 0 Å². The molecule has 0 unspecified atom stereocenters. The molecule has 7 nitrogen and oxygen atoms in total. The van der Waals surface area contributed by atoms with E-state index in [1.807, 2.05) is 24.3 Å². The third-order valence-corrected chi connectivity index (χ3v) is 4.03. The van der Waals surface area contributed by atoms with Crippen LogP contribution in [0.1, 0.15) is 26.7 Å². The van der Waals surface area contributed by atoms with E-state index in [0.29, 0.717) is 12.1 Å². The van der Waals surface area contributed by atoms with Gasteiger partial charge >= 0.3 is 12.0 Å². The van der Waals surface area contributed by atoms with E-state index in [2.05, 4.69) is 31.7 Å². The van der Waals surface area contributed by atoms with Gasteiger partial charge in [-0.2, -0.15) is 5.10 Å². The smallest absolute Gasteiger partial charge is 0.319 e. The molecule has 8 heteroatoms. The molecule has 128 valence electrons. The van der Waals surface area contributed by atoms with Crippen LogP contribution in [0.25, 0.3) is 5.69 Å². The third-order valence-electron chi connectivity index (χ3n) is 3.36. The van der Waals surface area contributed by atoms with Crippen LogP contribution in [-0.4, -0.2) is 32.4 Å². The second-order valence-electron chi connectivity index (χ2n) is 5.98. The van der Waals surface area contributed by atoms with Gasteiger partial charge in [0, 0.05) is 16.4 Å². The summed E-state index contributed by atoms with van der Waals surface area (Å²) in [5.41, 5.74) is 0.769. The van der Waals surface area contributed by atoms with Crippen molar-refractivity contribution < 1.29 is 14.7 Å². The number of carboxylic acids is 1. The molecule has 1 aromatic heterocycles. The van der Waals surface area contributed by atoms with Crippen LogP contribution in [0.15, 0.2) is 41.1 Å². The summed E-state index contributed by atoms with van der Waals surface area (Å²) in [6.07, 6.45) is 3.58. The summed E-state index contributed by atoms with van der Waals surface area (Å²) in [6.45, 7) is 3.56. The maximum Gasteiger partial charge on any atom is 0.319 e. The van der Waals surface area contributed by atoms with Crippen molar-refractivity contribution in [3.05, 3.63) is 41.1 Å². The van der Waals surface area contributed by atoms with Gasteiger partial charge in [-0.05, 0) is 48.3 Å². The topological polar surface area (TPSA) is 96.2 Å². The number of aromatic nitrogens is 2. The Labute approximate surface area is 148 Å². The Morgan fingerprint density at radius 2 is 2.04 bits per heavy atom. The van der Waals surface area contributed by atoms with Crippen molar-refractivity contribution in [2.24, 2.45) is 0 Å². The van der Waals surface area contributed by atoms with Crippen molar-refractivity contribution in [1.29, 1.82) is 0 Å². The number of rotatable bonds is 6. The van der Waals surface area contributed by atoms with Gasteiger partial charge in [0.15, 0.2) is 0 Å². The highest BCUT2D eigenvalue weighted by Crippen LogP contribution is 2.21. The van der Waals surface area contributed by atoms with Crippen molar-refractivity contribution in [3.63, 3.8) is 0 Å². The Morgan fingerprint density at radius 1 is 1.33 bits per heavy atom. The number of nitrogens with one attached hydrogen (secondary N) is 2. The number of benzene rings is 1. The Kier molecular flexibility index (Phi) is 5.61. The number of carboxylic acid groups (broad SMARTS) is 1. The van der Waals surface area contributed by atoms with Crippen LogP contribution >= 0.6 is 15.9 Å². The molecule has 24 heavy (non-hydrogen) atoms. The van der Waals surface area contributed by atoms with E-state index in [9.17, 15) is 9.59 Å². The molecule has 0 aliphatic carbocycles. The highest BCUT2D eigenvalue weighted by atomic mass is 79.9. The molecule has 0 atom stereocenters. The first kappa shape index (κ1) is 18.0. The van der Waals surface area contributed by atoms with Gasteiger partial charge in [0.25, 0.3) is 0 Å². The first-order chi connectivity index (χ1) is 11.3. The van der Waals surface area contributed by atoms with E-state index in [0.717, 1.165) is 10.2 Å². The average Bonchev–Trinajstić information content (AvgIpc) is 2.93. The number of nitrogens with zero attached hydrogens (tertiary/aromatic N) is 2. The van der Waals surface area contributed by atoms with Gasteiger partial charge < -0.3 is 15.7 Å². The number of anilines is 1. The van der Waals surface area contributed by atoms with Gasteiger partial charge in [-0.15, -0.1) is 0 Å². The molecule has 0 aliphatic rings. The number of halogens is 1. The number of aliphatic carboxylic acids is 1. The standard InChI is InChI=1S/C16H19BrN4O3/c1-16(2,8-7-14(22)23)20-15(24)19-11-9-18-21(10-11)13-6-4-3-5-12(13)17/h3-6,9-10H,7-8H2,1-2H3,(H,22,23)(H2,19,20,24). The monoisotopic (exact) mass is 394 g/mol. The van der Waals surface area contributed by atoms with Gasteiger partial charge in [0.1, 0.15) is 0 Å². The predicted octanol–water partition coefficient (Wildman–Crippen LogP) is 3.40. The highest BCUT2D eigenvalue weighted by Gasteiger charge is 2.21. The number of urea groups is 1. The fourth-order valence-corrected chi connectivity index (χ4v) is 2.57. The lowest BCUT2D eigenvalue weighted by Crippen LogP contribution is -2.45. The molecule has 0 bridgehead atoms. The molecule has 2 rings (SSSR count). The number of carbonyl (C=O) groups excluding carboxylic acids is 1. The fraction of sp³-hybridized carbons (Fsp3) is 0.312. The van der Waals surface area contributed by atoms with Crippen LogP contribution < -0.4 is 10.6 Å². The van der Waals surface area contributed by atoms with Crippen molar-refractivity contribution >= 4 is 33.6 Å². The van der Waals surface area contributed by atoms with Crippen LogP contribution in [0.2, 0.25) is 0 Å². The van der Waals surface area contributed by atoms with Crippen molar-refractivity contribution in [2.75, 3.05) is 5.32 Å². The van der Waals surface area contributed by atoms with Crippen LogP contribution in [0.3, 0.4) is 0 Å². The van der Waals surface area contributed by atoms with Gasteiger partial charge in [0.05, 0.1) is 23.8 Å². The normalized spacial score (nSPS) is 11.1. The molecule has 0 saturated heterocycles. The zero-order chi connectivity index (χ0) is 17.7. The van der Waals surface area contributed by atoms with Crippen molar-refractivity contribution in [2.45, 2.75) is 32.2 Å². The van der Waals surface area contributed by atoms with Crippen LogP contribution in [-0.2, 0) is 4.79 Å². The predicted molar refractivity (Wildman–Crippen MR) is 94.4 cm³/mol. The van der Waals surface area contributed by atoms with Crippen LogP contribution in [0, 0.1) is 0 Å². The minimum Gasteiger partial charge on any atom is -0.481 e. The molecule has 1 heterocycles. The van der Waals surface area contributed by atoms with Gasteiger partial charge in [-0.1, -0.05) is 12.1 Å². The summed E-state index contributed by atoms with van der Waals surface area (Å²) in [5.74, 6) is -0.889. The van der Waals surface area contributed by atoms with E-state index in [1.165, 1.54) is 0 Å². The second kappa shape index (κ2) is 7.48. The first-order valence-electron chi connectivity index (χ1n) is 7.37. The summed E-state index contributed by atoms with van der Waals surface area (Å²) in [7, 11) is 0. The largest absolute Gasteiger partial charge is 0.481 e. The summed E-state index contributed by atoms with van der Waals surface area (Å²) >= 11 is 3.45. The molecular weight excluding hydrogens is 376 g/mol. The maximum atomic E-state index is 12.1. The molecule has 0 fully saturated rings.